The molecule has 0 bridgehead atoms. The second-order valence-electron chi connectivity index (χ2n) is 4.31. The molecule has 1 N–H and O–H groups in total. The van der Waals surface area contributed by atoms with Gasteiger partial charge in [-0.3, -0.25) is 9.59 Å². The first-order valence-electron chi connectivity index (χ1n) is 5.85. The molecule has 1 aromatic heterocycles. The molecule has 0 aliphatic carbocycles. The Morgan fingerprint density at radius 1 is 1.20 bits per heavy atom. The van der Waals surface area contributed by atoms with Gasteiger partial charge in [0.25, 0.3) is 5.91 Å². The average Bonchev–Trinajstić information content (AvgIpc) is 2.88. The van der Waals surface area contributed by atoms with Gasteiger partial charge in [0, 0.05) is 5.56 Å². The van der Waals surface area contributed by atoms with Crippen LogP contribution in [0.1, 0.15) is 25.6 Å². The Morgan fingerprint density at radius 3 is 2.70 bits per heavy atom. The number of fused-ring (bicyclic) bond motifs is 1. The molecule has 100 valence electrons. The summed E-state index contributed by atoms with van der Waals surface area (Å²) in [6, 6.07) is 8.34. The van der Waals surface area contributed by atoms with E-state index < -0.39 is 17.8 Å². The van der Waals surface area contributed by atoms with Crippen molar-refractivity contribution in [1.29, 1.82) is 0 Å². The second kappa shape index (κ2) is 4.57. The summed E-state index contributed by atoms with van der Waals surface area (Å²) in [4.78, 5) is 36.7. The number of aromatic carboxylic acids is 1. The number of rotatable bonds is 2. The Labute approximate surface area is 118 Å². The number of carboxylic acids is 1. The normalized spacial score (nSPS) is 14.3. The van der Waals surface area contributed by atoms with Crippen molar-refractivity contribution >= 4 is 34.8 Å². The van der Waals surface area contributed by atoms with Crippen LogP contribution in [0.4, 0.5) is 5.69 Å². The van der Waals surface area contributed by atoms with Gasteiger partial charge in [0.1, 0.15) is 4.88 Å². The number of carboxylic acid groups (broad SMARTS) is 1. The molecule has 2 aromatic rings. The molecule has 0 unspecified atom stereocenters. The lowest BCUT2D eigenvalue weighted by Gasteiger charge is -2.26. The molecule has 5 nitrogen and oxygen atoms in total. The van der Waals surface area contributed by atoms with E-state index in [0.717, 1.165) is 16.2 Å². The van der Waals surface area contributed by atoms with E-state index in [-0.39, 0.29) is 17.0 Å². The number of carbonyl (C=O) groups is 3. The fourth-order valence-electron chi connectivity index (χ4n) is 2.24. The van der Waals surface area contributed by atoms with Crippen molar-refractivity contribution in [1.82, 2.24) is 0 Å². The van der Waals surface area contributed by atoms with E-state index in [4.69, 9.17) is 5.11 Å². The highest BCUT2D eigenvalue weighted by Gasteiger charge is 2.34. The van der Waals surface area contributed by atoms with E-state index in [9.17, 15) is 14.4 Å². The van der Waals surface area contributed by atoms with Crippen LogP contribution in [-0.2, 0) is 11.2 Å². The predicted molar refractivity (Wildman–Crippen MR) is 73.2 cm³/mol. The molecule has 20 heavy (non-hydrogen) atoms. The zero-order chi connectivity index (χ0) is 14.3. The molecule has 0 radical (unpaired) electrons. The molecule has 2 heterocycles. The summed E-state index contributed by atoms with van der Waals surface area (Å²) in [6.07, 6.45) is 0.0941. The fourth-order valence-corrected chi connectivity index (χ4v) is 2.96. The van der Waals surface area contributed by atoms with Crippen molar-refractivity contribution in [2.75, 3.05) is 4.90 Å². The predicted octanol–water partition coefficient (Wildman–Crippen LogP) is 2.18. The maximum atomic E-state index is 12.4. The monoisotopic (exact) mass is 287 g/mol. The molecule has 1 aliphatic rings. The summed E-state index contributed by atoms with van der Waals surface area (Å²) in [5, 5.41) is 10.7. The number of hydrogen-bond acceptors (Lipinski definition) is 4. The van der Waals surface area contributed by atoms with E-state index in [2.05, 4.69) is 0 Å². The van der Waals surface area contributed by atoms with Crippen LogP contribution >= 0.6 is 11.3 Å². The van der Waals surface area contributed by atoms with Crippen molar-refractivity contribution in [2.45, 2.75) is 6.42 Å². The van der Waals surface area contributed by atoms with E-state index in [1.54, 1.807) is 29.6 Å². The highest BCUT2D eigenvalue weighted by Crippen LogP contribution is 2.31. The van der Waals surface area contributed by atoms with Gasteiger partial charge in [-0.25, -0.2) is 9.69 Å². The van der Waals surface area contributed by atoms with E-state index in [1.165, 1.54) is 6.07 Å². The van der Waals surface area contributed by atoms with Crippen molar-refractivity contribution in [2.24, 2.45) is 0 Å². The summed E-state index contributed by atoms with van der Waals surface area (Å²) >= 11 is 0.991. The fraction of sp³-hybridized carbons (Fsp3) is 0.0714. The van der Waals surface area contributed by atoms with Gasteiger partial charge in [-0.2, -0.15) is 0 Å². The molecular formula is C14H9NO4S. The summed E-state index contributed by atoms with van der Waals surface area (Å²) in [5.41, 5.74) is 1.26. The number of benzene rings is 1. The van der Waals surface area contributed by atoms with Crippen LogP contribution < -0.4 is 4.90 Å². The van der Waals surface area contributed by atoms with E-state index >= 15 is 0 Å². The average molecular weight is 287 g/mol. The maximum Gasteiger partial charge on any atom is 0.348 e. The van der Waals surface area contributed by atoms with Gasteiger partial charge in [0.05, 0.1) is 12.1 Å². The lowest BCUT2D eigenvalue weighted by molar-refractivity contribution is -0.117. The van der Waals surface area contributed by atoms with Crippen LogP contribution in [0.25, 0.3) is 0 Å². The Balaban J connectivity index is 2.11. The number of carbonyl (C=O) groups excluding carboxylic acids is 2. The molecule has 0 saturated heterocycles. The number of anilines is 1. The van der Waals surface area contributed by atoms with Crippen LogP contribution in [0.5, 0.6) is 0 Å². The third-order valence-electron chi connectivity index (χ3n) is 3.12. The van der Waals surface area contributed by atoms with Crippen LogP contribution in [-0.4, -0.2) is 22.9 Å². The molecule has 0 atom stereocenters. The van der Waals surface area contributed by atoms with Gasteiger partial charge >= 0.3 is 5.97 Å². The third kappa shape index (κ3) is 1.81. The molecule has 1 aromatic carbocycles. The minimum Gasteiger partial charge on any atom is -0.477 e. The van der Waals surface area contributed by atoms with Gasteiger partial charge in [-0.15, -0.1) is 11.3 Å². The van der Waals surface area contributed by atoms with Crippen molar-refractivity contribution in [3.63, 3.8) is 0 Å². The van der Waals surface area contributed by atoms with Gasteiger partial charge in [-0.1, -0.05) is 18.2 Å². The molecule has 6 heteroatoms. The number of thiophene rings is 1. The Morgan fingerprint density at radius 2 is 1.95 bits per heavy atom. The SMILES string of the molecule is O=C(O)c1sccc1N1C(=O)Cc2ccccc2C1=O. The molecule has 0 saturated carbocycles. The smallest absolute Gasteiger partial charge is 0.348 e. The molecule has 0 spiro atoms. The molecular weight excluding hydrogens is 278 g/mol. The maximum absolute atomic E-state index is 12.4. The van der Waals surface area contributed by atoms with Gasteiger partial charge < -0.3 is 5.11 Å². The summed E-state index contributed by atoms with van der Waals surface area (Å²) in [5.74, 6) is -2.03. The first-order chi connectivity index (χ1) is 9.59. The van der Waals surface area contributed by atoms with Crippen LogP contribution in [0.15, 0.2) is 35.7 Å². The van der Waals surface area contributed by atoms with Crippen molar-refractivity contribution in [3.05, 3.63) is 51.7 Å². The Bertz CT molecular complexity index is 734. The zero-order valence-electron chi connectivity index (χ0n) is 10.2. The first-order valence-corrected chi connectivity index (χ1v) is 6.73. The quantitative estimate of drug-likeness (QED) is 0.859. The standard InChI is InChI=1S/C14H9NO4S/c16-11-7-8-3-1-2-4-9(8)13(17)15(11)10-5-6-20-12(10)14(18)19/h1-6H,7H2,(H,18,19). The molecule has 1 aliphatic heterocycles. The van der Waals surface area contributed by atoms with Crippen molar-refractivity contribution < 1.29 is 19.5 Å². The van der Waals surface area contributed by atoms with Gasteiger partial charge in [0.2, 0.25) is 5.91 Å². The minimum atomic E-state index is -1.14. The Kier molecular flexibility index (Phi) is 2.87. The number of imide groups is 1. The summed E-state index contributed by atoms with van der Waals surface area (Å²) in [7, 11) is 0. The van der Waals surface area contributed by atoms with Crippen LogP contribution in [0.3, 0.4) is 0 Å². The van der Waals surface area contributed by atoms with Crippen LogP contribution in [0, 0.1) is 0 Å². The topological polar surface area (TPSA) is 74.7 Å². The van der Waals surface area contributed by atoms with E-state index in [1.807, 2.05) is 0 Å². The van der Waals surface area contributed by atoms with Crippen molar-refractivity contribution in [3.8, 4) is 0 Å². The lowest BCUT2D eigenvalue weighted by atomic mass is 9.98. The Hall–Kier alpha value is -2.47. The van der Waals surface area contributed by atoms with Gasteiger partial charge in [0.15, 0.2) is 0 Å². The second-order valence-corrected chi connectivity index (χ2v) is 5.22. The number of amides is 2. The third-order valence-corrected chi connectivity index (χ3v) is 4.01. The summed E-state index contributed by atoms with van der Waals surface area (Å²) < 4.78 is 0. The largest absolute Gasteiger partial charge is 0.477 e. The minimum absolute atomic E-state index is 0.00826. The van der Waals surface area contributed by atoms with Gasteiger partial charge in [-0.05, 0) is 23.1 Å². The number of nitrogens with zero attached hydrogens (tertiary/aromatic N) is 1. The highest BCUT2D eigenvalue weighted by molar-refractivity contribution is 7.12. The highest BCUT2D eigenvalue weighted by atomic mass is 32.1. The van der Waals surface area contributed by atoms with Crippen LogP contribution in [0.2, 0.25) is 0 Å². The first kappa shape index (κ1) is 12.6. The molecule has 0 fully saturated rings. The molecule has 3 rings (SSSR count). The zero-order valence-corrected chi connectivity index (χ0v) is 11.0. The molecule has 2 amide bonds. The number of hydrogen-bond donors (Lipinski definition) is 1. The van der Waals surface area contributed by atoms with E-state index in [0.29, 0.717) is 11.1 Å². The summed E-state index contributed by atoms with van der Waals surface area (Å²) in [6.45, 7) is 0. The lowest BCUT2D eigenvalue weighted by Crippen LogP contribution is -2.42.